The first-order chi connectivity index (χ1) is 7.02. The van der Waals surface area contributed by atoms with Gasteiger partial charge in [-0.1, -0.05) is 37.9 Å². The summed E-state index contributed by atoms with van der Waals surface area (Å²) in [6.07, 6.45) is 1.50. The van der Waals surface area contributed by atoms with Crippen LogP contribution in [-0.2, 0) is 0 Å². The third kappa shape index (κ3) is 3.84. The number of benzene rings is 1. The highest BCUT2D eigenvalue weighted by Gasteiger charge is 2.12. The summed E-state index contributed by atoms with van der Waals surface area (Å²) < 4.78 is 0. The van der Waals surface area contributed by atoms with Crippen LogP contribution >= 0.6 is 11.6 Å². The van der Waals surface area contributed by atoms with Crippen molar-refractivity contribution < 1.29 is 5.11 Å². The normalized spacial score (nSPS) is 15.0. The molecule has 1 aromatic rings. The van der Waals surface area contributed by atoms with E-state index >= 15 is 0 Å². The number of hydrogen-bond donors (Lipinski definition) is 1. The minimum atomic E-state index is -0.391. The largest absolute Gasteiger partial charge is 0.388 e. The summed E-state index contributed by atoms with van der Waals surface area (Å²) in [6.45, 7) is 6.28. The Bertz CT molecular complexity index is 302. The van der Waals surface area contributed by atoms with Gasteiger partial charge in [0.25, 0.3) is 0 Å². The molecule has 0 fully saturated rings. The van der Waals surface area contributed by atoms with Gasteiger partial charge in [-0.15, -0.1) is 0 Å². The molecule has 1 N–H and O–H groups in total. The molecule has 0 spiro atoms. The second kappa shape index (κ2) is 5.53. The molecule has 0 aliphatic heterocycles. The summed E-state index contributed by atoms with van der Waals surface area (Å²) in [5.74, 6) is 0.541. The SMILES string of the molecule is CCC(C)CC(O)c1cc(C)cc(Cl)c1. The van der Waals surface area contributed by atoms with Crippen molar-refractivity contribution >= 4 is 11.6 Å². The van der Waals surface area contributed by atoms with Crippen molar-refractivity contribution in [2.24, 2.45) is 5.92 Å². The molecule has 0 aliphatic rings. The van der Waals surface area contributed by atoms with Gasteiger partial charge in [0.05, 0.1) is 6.10 Å². The van der Waals surface area contributed by atoms with Crippen molar-refractivity contribution in [3.05, 3.63) is 34.3 Å². The van der Waals surface area contributed by atoms with Crippen molar-refractivity contribution in [1.82, 2.24) is 0 Å². The Morgan fingerprint density at radius 3 is 2.53 bits per heavy atom. The highest BCUT2D eigenvalue weighted by Crippen LogP contribution is 2.26. The first kappa shape index (κ1) is 12.5. The molecule has 2 atom stereocenters. The van der Waals surface area contributed by atoms with Crippen LogP contribution in [0.15, 0.2) is 18.2 Å². The topological polar surface area (TPSA) is 20.2 Å². The molecule has 0 radical (unpaired) electrons. The van der Waals surface area contributed by atoms with Crippen LogP contribution in [-0.4, -0.2) is 5.11 Å². The van der Waals surface area contributed by atoms with E-state index in [1.54, 1.807) is 0 Å². The summed E-state index contributed by atoms with van der Waals surface area (Å²) in [7, 11) is 0. The average Bonchev–Trinajstić information content (AvgIpc) is 2.16. The van der Waals surface area contributed by atoms with E-state index in [1.165, 1.54) is 0 Å². The highest BCUT2D eigenvalue weighted by molar-refractivity contribution is 6.30. The predicted octanol–water partition coefficient (Wildman–Crippen LogP) is 4.12. The molecule has 1 nitrogen and oxygen atoms in total. The van der Waals surface area contributed by atoms with E-state index in [0.29, 0.717) is 10.9 Å². The van der Waals surface area contributed by atoms with E-state index < -0.39 is 6.10 Å². The third-order valence-corrected chi connectivity index (χ3v) is 2.99. The van der Waals surface area contributed by atoms with Crippen molar-refractivity contribution in [1.29, 1.82) is 0 Å². The number of aliphatic hydroxyl groups excluding tert-OH is 1. The molecule has 15 heavy (non-hydrogen) atoms. The van der Waals surface area contributed by atoms with Crippen molar-refractivity contribution in [2.75, 3.05) is 0 Å². The summed E-state index contributed by atoms with van der Waals surface area (Å²) in [5.41, 5.74) is 2.03. The molecular formula is C13H19ClO. The maximum absolute atomic E-state index is 10.0. The Morgan fingerprint density at radius 2 is 2.00 bits per heavy atom. The molecule has 1 aromatic carbocycles. The summed E-state index contributed by atoms with van der Waals surface area (Å²) in [5, 5.41) is 10.7. The number of halogens is 1. The molecule has 0 saturated heterocycles. The molecule has 0 saturated carbocycles. The number of aryl methyl sites for hydroxylation is 1. The van der Waals surface area contributed by atoms with Gasteiger partial charge in [-0.25, -0.2) is 0 Å². The van der Waals surface area contributed by atoms with Crippen molar-refractivity contribution in [2.45, 2.75) is 39.7 Å². The van der Waals surface area contributed by atoms with Crippen molar-refractivity contribution in [3.8, 4) is 0 Å². The van der Waals surface area contributed by atoms with Crippen LogP contribution in [0.1, 0.15) is 43.9 Å². The molecule has 2 heteroatoms. The first-order valence-corrected chi connectivity index (χ1v) is 5.86. The monoisotopic (exact) mass is 226 g/mol. The molecule has 0 bridgehead atoms. The van der Waals surface area contributed by atoms with Gasteiger partial charge in [-0.3, -0.25) is 0 Å². The van der Waals surface area contributed by atoms with Gasteiger partial charge >= 0.3 is 0 Å². The van der Waals surface area contributed by atoms with E-state index in [4.69, 9.17) is 11.6 Å². The Hall–Kier alpha value is -0.530. The van der Waals surface area contributed by atoms with Crippen LogP contribution < -0.4 is 0 Å². The first-order valence-electron chi connectivity index (χ1n) is 5.48. The van der Waals surface area contributed by atoms with E-state index in [0.717, 1.165) is 24.0 Å². The van der Waals surface area contributed by atoms with E-state index in [-0.39, 0.29) is 0 Å². The Labute approximate surface area is 97.1 Å². The number of aliphatic hydroxyl groups is 1. The van der Waals surface area contributed by atoms with Gasteiger partial charge in [0.15, 0.2) is 0 Å². The van der Waals surface area contributed by atoms with E-state index in [1.807, 2.05) is 25.1 Å². The van der Waals surface area contributed by atoms with Crippen LogP contribution in [0.2, 0.25) is 5.02 Å². The lowest BCUT2D eigenvalue weighted by Crippen LogP contribution is -2.04. The fourth-order valence-corrected chi connectivity index (χ4v) is 1.94. The molecule has 0 aromatic heterocycles. The fraction of sp³-hybridized carbons (Fsp3) is 0.538. The lowest BCUT2D eigenvalue weighted by atomic mass is 9.96. The summed E-state index contributed by atoms with van der Waals surface area (Å²) in [4.78, 5) is 0. The standard InChI is InChI=1S/C13H19ClO/c1-4-9(2)7-13(15)11-5-10(3)6-12(14)8-11/h5-6,8-9,13,15H,4,7H2,1-3H3. The maximum Gasteiger partial charge on any atom is 0.0793 e. The zero-order valence-corrected chi connectivity index (χ0v) is 10.4. The van der Waals surface area contributed by atoms with Crippen LogP contribution in [0.5, 0.6) is 0 Å². The van der Waals surface area contributed by atoms with Gasteiger partial charge in [-0.2, -0.15) is 0 Å². The van der Waals surface area contributed by atoms with Crippen LogP contribution in [0, 0.1) is 12.8 Å². The second-order valence-electron chi connectivity index (χ2n) is 4.33. The zero-order chi connectivity index (χ0) is 11.4. The minimum Gasteiger partial charge on any atom is -0.388 e. The van der Waals surface area contributed by atoms with Crippen LogP contribution in [0.3, 0.4) is 0 Å². The number of hydrogen-bond acceptors (Lipinski definition) is 1. The fourth-order valence-electron chi connectivity index (χ4n) is 1.64. The quantitative estimate of drug-likeness (QED) is 0.819. The minimum absolute atomic E-state index is 0.391. The lowest BCUT2D eigenvalue weighted by Gasteiger charge is -2.16. The van der Waals surface area contributed by atoms with Crippen LogP contribution in [0.4, 0.5) is 0 Å². The van der Waals surface area contributed by atoms with Crippen LogP contribution in [0.25, 0.3) is 0 Å². The second-order valence-corrected chi connectivity index (χ2v) is 4.76. The molecule has 0 aliphatic carbocycles. The molecular weight excluding hydrogens is 208 g/mol. The van der Waals surface area contributed by atoms with Crippen molar-refractivity contribution in [3.63, 3.8) is 0 Å². The predicted molar refractivity (Wildman–Crippen MR) is 65.2 cm³/mol. The average molecular weight is 227 g/mol. The molecule has 84 valence electrons. The van der Waals surface area contributed by atoms with Gasteiger partial charge in [0, 0.05) is 5.02 Å². The maximum atomic E-state index is 10.0. The molecule has 0 heterocycles. The van der Waals surface area contributed by atoms with Gasteiger partial charge in [0.2, 0.25) is 0 Å². The summed E-state index contributed by atoms with van der Waals surface area (Å²) in [6, 6.07) is 5.75. The third-order valence-electron chi connectivity index (χ3n) is 2.77. The zero-order valence-electron chi connectivity index (χ0n) is 9.63. The smallest absolute Gasteiger partial charge is 0.0793 e. The van der Waals surface area contributed by atoms with Gasteiger partial charge in [0.1, 0.15) is 0 Å². The Balaban J connectivity index is 2.77. The Kier molecular flexibility index (Phi) is 4.62. The highest BCUT2D eigenvalue weighted by atomic mass is 35.5. The molecule has 0 amide bonds. The van der Waals surface area contributed by atoms with Gasteiger partial charge in [-0.05, 0) is 42.5 Å². The molecule has 2 unspecified atom stereocenters. The summed E-state index contributed by atoms with van der Waals surface area (Å²) >= 11 is 5.95. The Morgan fingerprint density at radius 1 is 1.33 bits per heavy atom. The number of rotatable bonds is 4. The van der Waals surface area contributed by atoms with Gasteiger partial charge < -0.3 is 5.11 Å². The van der Waals surface area contributed by atoms with E-state index in [9.17, 15) is 5.11 Å². The molecule has 1 rings (SSSR count). The lowest BCUT2D eigenvalue weighted by molar-refractivity contribution is 0.146. The van der Waals surface area contributed by atoms with E-state index in [2.05, 4.69) is 13.8 Å².